The van der Waals surface area contributed by atoms with Gasteiger partial charge in [0.2, 0.25) is 5.91 Å². The minimum absolute atomic E-state index is 0.0567. The van der Waals surface area contributed by atoms with Gasteiger partial charge in [-0.05, 0) is 32.3 Å². The maximum absolute atomic E-state index is 11.9. The van der Waals surface area contributed by atoms with Gasteiger partial charge in [-0.3, -0.25) is 4.79 Å². The van der Waals surface area contributed by atoms with Crippen molar-refractivity contribution >= 4 is 29.1 Å². The average molecular weight is 330 g/mol. The van der Waals surface area contributed by atoms with Gasteiger partial charge in [0.1, 0.15) is 4.33 Å². The highest BCUT2D eigenvalue weighted by Gasteiger charge is 2.67. The fraction of sp³-hybridized carbons (Fsp3) is 0.562. The molecule has 1 aliphatic rings. The molecular formula is C16H21Cl2NO2. The Bertz CT molecular complexity index is 492. The minimum atomic E-state index is -0.907. The van der Waals surface area contributed by atoms with E-state index in [1.54, 1.807) is 6.92 Å². The predicted molar refractivity (Wildman–Crippen MR) is 85.6 cm³/mol. The summed E-state index contributed by atoms with van der Waals surface area (Å²) in [5, 5.41) is 2.87. The van der Waals surface area contributed by atoms with Crippen molar-refractivity contribution in [1.82, 2.24) is 5.32 Å². The second-order valence-corrected chi connectivity index (χ2v) is 7.23. The van der Waals surface area contributed by atoms with Gasteiger partial charge in [-0.1, -0.05) is 30.3 Å². The molecule has 116 valence electrons. The normalized spacial score (nSPS) is 24.4. The molecule has 0 saturated heterocycles. The Kier molecular flexibility index (Phi) is 5.18. The fourth-order valence-electron chi connectivity index (χ4n) is 2.20. The van der Waals surface area contributed by atoms with Crippen LogP contribution in [0.1, 0.15) is 38.4 Å². The van der Waals surface area contributed by atoms with Crippen LogP contribution in [0.25, 0.3) is 0 Å². The summed E-state index contributed by atoms with van der Waals surface area (Å²) >= 11 is 11.9. The first-order valence-electron chi connectivity index (χ1n) is 7.19. The predicted octanol–water partition coefficient (Wildman–Crippen LogP) is 3.85. The van der Waals surface area contributed by atoms with Crippen molar-refractivity contribution in [3.05, 3.63) is 35.9 Å². The molecule has 0 aromatic heterocycles. The maximum Gasteiger partial charge on any atom is 0.229 e. The summed E-state index contributed by atoms with van der Waals surface area (Å²) in [5.41, 5.74) is 0.509. The Balaban J connectivity index is 1.62. The molecule has 0 bridgehead atoms. The lowest BCUT2D eigenvalue weighted by Crippen LogP contribution is -2.34. The standard InChI is InChI=1S/C16H21Cl2NO2/c1-12(13-7-4-3-5-8-13)21-10-6-9-19-14(20)15(2)11-16(15,17)18/h3-5,7-8,12H,6,9-11H2,1-2H3,(H,19,20). The van der Waals surface area contributed by atoms with Crippen LogP contribution in [0.4, 0.5) is 0 Å². The molecule has 2 rings (SSSR count). The highest BCUT2D eigenvalue weighted by atomic mass is 35.5. The van der Waals surface area contributed by atoms with Crippen molar-refractivity contribution < 1.29 is 9.53 Å². The van der Waals surface area contributed by atoms with E-state index in [0.717, 1.165) is 12.0 Å². The summed E-state index contributed by atoms with van der Waals surface area (Å²) < 4.78 is 4.84. The highest BCUT2D eigenvalue weighted by Crippen LogP contribution is 2.63. The van der Waals surface area contributed by atoms with E-state index in [1.807, 2.05) is 37.3 Å². The summed E-state index contributed by atoms with van der Waals surface area (Å²) in [4.78, 5) is 11.9. The van der Waals surface area contributed by atoms with Gasteiger partial charge >= 0.3 is 0 Å². The molecule has 0 aliphatic heterocycles. The molecule has 1 amide bonds. The summed E-state index contributed by atoms with van der Waals surface area (Å²) in [6.07, 6.45) is 1.33. The number of hydrogen-bond donors (Lipinski definition) is 1. The van der Waals surface area contributed by atoms with Crippen molar-refractivity contribution in [2.45, 2.75) is 37.1 Å². The topological polar surface area (TPSA) is 38.3 Å². The van der Waals surface area contributed by atoms with Crippen LogP contribution >= 0.6 is 23.2 Å². The van der Waals surface area contributed by atoms with Crippen LogP contribution in [0.15, 0.2) is 30.3 Å². The van der Waals surface area contributed by atoms with Crippen LogP contribution in [0.2, 0.25) is 0 Å². The molecule has 0 heterocycles. The smallest absolute Gasteiger partial charge is 0.229 e. The largest absolute Gasteiger partial charge is 0.374 e. The third kappa shape index (κ3) is 3.91. The number of benzene rings is 1. The molecular weight excluding hydrogens is 309 g/mol. The van der Waals surface area contributed by atoms with E-state index in [9.17, 15) is 4.79 Å². The van der Waals surface area contributed by atoms with Crippen LogP contribution in [0.3, 0.4) is 0 Å². The van der Waals surface area contributed by atoms with Crippen molar-refractivity contribution in [1.29, 1.82) is 0 Å². The summed E-state index contributed by atoms with van der Waals surface area (Å²) in [7, 11) is 0. The first-order valence-corrected chi connectivity index (χ1v) is 7.95. The molecule has 0 spiro atoms. The van der Waals surface area contributed by atoms with Gasteiger partial charge < -0.3 is 10.1 Å². The van der Waals surface area contributed by atoms with Crippen LogP contribution < -0.4 is 5.32 Å². The van der Waals surface area contributed by atoms with Gasteiger partial charge in [0.15, 0.2) is 0 Å². The number of amides is 1. The van der Waals surface area contributed by atoms with Gasteiger partial charge in [-0.2, -0.15) is 0 Å². The lowest BCUT2D eigenvalue weighted by atomic mass is 10.1. The first kappa shape index (κ1) is 16.6. The Morgan fingerprint density at radius 3 is 2.57 bits per heavy atom. The lowest BCUT2D eigenvalue weighted by molar-refractivity contribution is -0.125. The SMILES string of the molecule is CC(OCCCNC(=O)C1(C)CC1(Cl)Cl)c1ccccc1. The van der Waals surface area contributed by atoms with Gasteiger partial charge in [-0.15, -0.1) is 23.2 Å². The molecule has 1 aromatic carbocycles. The molecule has 1 aromatic rings. The molecule has 21 heavy (non-hydrogen) atoms. The Morgan fingerprint density at radius 1 is 1.38 bits per heavy atom. The number of nitrogens with one attached hydrogen (secondary N) is 1. The van der Waals surface area contributed by atoms with E-state index in [4.69, 9.17) is 27.9 Å². The third-order valence-electron chi connectivity index (χ3n) is 4.00. The molecule has 1 aliphatic carbocycles. The number of halogens is 2. The van der Waals surface area contributed by atoms with E-state index in [2.05, 4.69) is 5.32 Å². The Morgan fingerprint density at radius 2 is 2.00 bits per heavy atom. The first-order chi connectivity index (χ1) is 9.87. The molecule has 1 N–H and O–H groups in total. The summed E-state index contributed by atoms with van der Waals surface area (Å²) in [6.45, 7) is 4.98. The monoisotopic (exact) mass is 329 g/mol. The molecule has 1 saturated carbocycles. The number of carbonyl (C=O) groups is 1. The van der Waals surface area contributed by atoms with Gasteiger partial charge in [0.05, 0.1) is 11.5 Å². The Hall–Kier alpha value is -0.770. The van der Waals surface area contributed by atoms with Crippen molar-refractivity contribution in [2.75, 3.05) is 13.2 Å². The van der Waals surface area contributed by atoms with Gasteiger partial charge in [-0.25, -0.2) is 0 Å². The summed E-state index contributed by atoms with van der Waals surface area (Å²) in [6, 6.07) is 10.1. The van der Waals surface area contributed by atoms with Crippen molar-refractivity contribution in [3.8, 4) is 0 Å². The van der Waals surface area contributed by atoms with Crippen molar-refractivity contribution in [2.24, 2.45) is 5.41 Å². The quantitative estimate of drug-likeness (QED) is 0.609. The number of carbonyl (C=O) groups excluding carboxylic acids is 1. The number of alkyl halides is 2. The molecule has 3 nitrogen and oxygen atoms in total. The second kappa shape index (κ2) is 6.55. The van der Waals surface area contributed by atoms with E-state index >= 15 is 0 Å². The zero-order valence-corrected chi connectivity index (χ0v) is 13.9. The highest BCUT2D eigenvalue weighted by molar-refractivity contribution is 6.53. The van der Waals surface area contributed by atoms with Gasteiger partial charge in [0, 0.05) is 13.2 Å². The van der Waals surface area contributed by atoms with Crippen LogP contribution in [-0.2, 0) is 9.53 Å². The number of ether oxygens (including phenoxy) is 1. The Labute approximate surface area is 136 Å². The number of hydrogen-bond acceptors (Lipinski definition) is 2. The zero-order valence-electron chi connectivity index (χ0n) is 12.4. The maximum atomic E-state index is 11.9. The van der Waals surface area contributed by atoms with Crippen LogP contribution in [0, 0.1) is 5.41 Å². The molecule has 5 heteroatoms. The van der Waals surface area contributed by atoms with E-state index in [1.165, 1.54) is 0 Å². The fourth-order valence-corrected chi connectivity index (χ4v) is 2.90. The third-order valence-corrected chi connectivity index (χ3v) is 5.10. The van der Waals surface area contributed by atoms with Crippen molar-refractivity contribution in [3.63, 3.8) is 0 Å². The number of rotatable bonds is 7. The van der Waals surface area contributed by atoms with E-state index in [-0.39, 0.29) is 12.0 Å². The van der Waals surface area contributed by atoms with Crippen LogP contribution in [-0.4, -0.2) is 23.4 Å². The second-order valence-electron chi connectivity index (χ2n) is 5.75. The minimum Gasteiger partial charge on any atom is -0.374 e. The van der Waals surface area contributed by atoms with Gasteiger partial charge in [0.25, 0.3) is 0 Å². The molecule has 0 radical (unpaired) electrons. The van der Waals surface area contributed by atoms with Crippen LogP contribution in [0.5, 0.6) is 0 Å². The molecule has 1 fully saturated rings. The molecule has 2 atom stereocenters. The van der Waals surface area contributed by atoms with E-state index < -0.39 is 9.75 Å². The summed E-state index contributed by atoms with van der Waals surface area (Å²) in [5.74, 6) is -0.0800. The van der Waals surface area contributed by atoms with E-state index in [0.29, 0.717) is 19.6 Å². The lowest BCUT2D eigenvalue weighted by Gasteiger charge is -2.15. The average Bonchev–Trinajstić information content (AvgIpc) is 2.99. The zero-order chi connectivity index (χ0) is 15.5. The molecule has 2 unspecified atom stereocenters.